The predicted molar refractivity (Wildman–Crippen MR) is 81.3 cm³/mol. The van der Waals surface area contributed by atoms with Gasteiger partial charge in [0.1, 0.15) is 0 Å². The van der Waals surface area contributed by atoms with Crippen LogP contribution >= 0.6 is 0 Å². The third-order valence-corrected chi connectivity index (χ3v) is 3.57. The number of nitrogens with one attached hydrogen (secondary N) is 1. The van der Waals surface area contributed by atoms with E-state index in [0.717, 1.165) is 6.42 Å². The van der Waals surface area contributed by atoms with Gasteiger partial charge in [0.2, 0.25) is 5.75 Å². The topological polar surface area (TPSA) is 82.8 Å². The zero-order chi connectivity index (χ0) is 16.0. The molecule has 0 saturated heterocycles. The van der Waals surface area contributed by atoms with E-state index in [2.05, 4.69) is 5.32 Å². The molecule has 3 N–H and O–H groups in total. The van der Waals surface area contributed by atoms with E-state index in [1.807, 2.05) is 13.8 Å². The van der Waals surface area contributed by atoms with Crippen molar-refractivity contribution in [1.82, 2.24) is 5.32 Å². The van der Waals surface area contributed by atoms with Crippen molar-refractivity contribution in [2.45, 2.75) is 25.8 Å². The fourth-order valence-electron chi connectivity index (χ4n) is 1.84. The summed E-state index contributed by atoms with van der Waals surface area (Å²) in [6, 6.07) is 3.23. The molecule has 0 heterocycles. The summed E-state index contributed by atoms with van der Waals surface area (Å²) >= 11 is 0. The maximum atomic E-state index is 12.4. The Kier molecular flexibility index (Phi) is 5.84. The molecule has 118 valence electrons. The number of carbonyl (C=O) groups excluding carboxylic acids is 1. The summed E-state index contributed by atoms with van der Waals surface area (Å²) in [4.78, 5) is 12.4. The molecule has 1 rings (SSSR count). The lowest BCUT2D eigenvalue weighted by atomic mass is 9.98. The van der Waals surface area contributed by atoms with E-state index < -0.39 is 5.54 Å². The van der Waals surface area contributed by atoms with E-state index in [4.69, 9.17) is 19.9 Å². The summed E-state index contributed by atoms with van der Waals surface area (Å²) < 4.78 is 15.7. The maximum Gasteiger partial charge on any atom is 0.252 e. The minimum atomic E-state index is -0.447. The van der Waals surface area contributed by atoms with Gasteiger partial charge in [-0.25, -0.2) is 0 Å². The molecule has 1 unspecified atom stereocenters. The average molecular weight is 296 g/mol. The van der Waals surface area contributed by atoms with Crippen LogP contribution in [0, 0.1) is 0 Å². The summed E-state index contributed by atoms with van der Waals surface area (Å²) in [5, 5.41) is 2.93. The summed E-state index contributed by atoms with van der Waals surface area (Å²) in [5.41, 5.74) is 5.70. The van der Waals surface area contributed by atoms with E-state index in [-0.39, 0.29) is 5.91 Å². The van der Waals surface area contributed by atoms with Crippen LogP contribution in [0.25, 0.3) is 0 Å². The second kappa shape index (κ2) is 7.17. The molecule has 21 heavy (non-hydrogen) atoms. The number of hydrogen-bond donors (Lipinski definition) is 2. The molecular formula is C15H24N2O4. The lowest BCUT2D eigenvalue weighted by molar-refractivity contribution is 0.0905. The zero-order valence-electron chi connectivity index (χ0n) is 13.3. The van der Waals surface area contributed by atoms with Gasteiger partial charge in [-0.05, 0) is 25.5 Å². The Morgan fingerprint density at radius 3 is 2.05 bits per heavy atom. The molecule has 0 radical (unpaired) electrons. The maximum absolute atomic E-state index is 12.4. The molecule has 0 saturated carbocycles. The van der Waals surface area contributed by atoms with Crippen molar-refractivity contribution in [3.63, 3.8) is 0 Å². The molecule has 0 aromatic heterocycles. The molecule has 6 heteroatoms. The van der Waals surface area contributed by atoms with Gasteiger partial charge in [-0.2, -0.15) is 0 Å². The van der Waals surface area contributed by atoms with E-state index in [0.29, 0.717) is 29.4 Å². The fourth-order valence-corrected chi connectivity index (χ4v) is 1.84. The van der Waals surface area contributed by atoms with E-state index >= 15 is 0 Å². The minimum Gasteiger partial charge on any atom is -0.493 e. The smallest absolute Gasteiger partial charge is 0.252 e. The van der Waals surface area contributed by atoms with Crippen LogP contribution in [-0.4, -0.2) is 39.3 Å². The third-order valence-electron chi connectivity index (χ3n) is 3.57. The molecule has 6 nitrogen and oxygen atoms in total. The van der Waals surface area contributed by atoms with Crippen LogP contribution in [0.5, 0.6) is 17.2 Å². The number of amides is 1. The van der Waals surface area contributed by atoms with Crippen LogP contribution in [0.15, 0.2) is 12.1 Å². The predicted octanol–water partition coefficient (Wildman–Crippen LogP) is 1.57. The molecule has 1 atom stereocenters. The van der Waals surface area contributed by atoms with Crippen LogP contribution < -0.4 is 25.3 Å². The zero-order valence-corrected chi connectivity index (χ0v) is 13.3. The number of hydrogen-bond acceptors (Lipinski definition) is 5. The third kappa shape index (κ3) is 3.78. The first kappa shape index (κ1) is 17.1. The molecule has 0 spiro atoms. The van der Waals surface area contributed by atoms with Gasteiger partial charge in [0.25, 0.3) is 5.91 Å². The highest BCUT2D eigenvalue weighted by Gasteiger charge is 2.24. The Morgan fingerprint density at radius 1 is 1.19 bits per heavy atom. The molecule has 1 aromatic carbocycles. The average Bonchev–Trinajstić information content (AvgIpc) is 2.52. The highest BCUT2D eigenvalue weighted by atomic mass is 16.5. The molecule has 0 fully saturated rings. The first-order chi connectivity index (χ1) is 9.94. The first-order valence-corrected chi connectivity index (χ1v) is 6.77. The van der Waals surface area contributed by atoms with Crippen molar-refractivity contribution in [3.8, 4) is 17.2 Å². The van der Waals surface area contributed by atoms with Gasteiger partial charge >= 0.3 is 0 Å². The van der Waals surface area contributed by atoms with Gasteiger partial charge in [0, 0.05) is 17.6 Å². The lowest BCUT2D eigenvalue weighted by Gasteiger charge is -2.28. The van der Waals surface area contributed by atoms with Gasteiger partial charge in [-0.1, -0.05) is 6.92 Å². The van der Waals surface area contributed by atoms with Crippen LogP contribution in [0.2, 0.25) is 0 Å². The summed E-state index contributed by atoms with van der Waals surface area (Å²) in [6.45, 7) is 4.24. The molecular weight excluding hydrogens is 272 g/mol. The van der Waals surface area contributed by atoms with Crippen LogP contribution in [0.1, 0.15) is 30.6 Å². The molecule has 0 aliphatic carbocycles. The Morgan fingerprint density at radius 2 is 1.71 bits per heavy atom. The highest BCUT2D eigenvalue weighted by molar-refractivity contribution is 5.96. The Hall–Kier alpha value is -1.95. The van der Waals surface area contributed by atoms with Crippen LogP contribution in [0.3, 0.4) is 0 Å². The van der Waals surface area contributed by atoms with Crippen molar-refractivity contribution in [1.29, 1.82) is 0 Å². The summed E-state index contributed by atoms with van der Waals surface area (Å²) in [7, 11) is 4.53. The van der Waals surface area contributed by atoms with Gasteiger partial charge in [0.05, 0.1) is 21.3 Å². The summed E-state index contributed by atoms with van der Waals surface area (Å²) in [5.74, 6) is 1.10. The van der Waals surface area contributed by atoms with E-state index in [1.165, 1.54) is 21.3 Å². The standard InChI is InChI=1S/C15H24N2O4/c1-6-15(2,9-16)17-14(18)10-7-11(19-3)13(21-5)12(8-10)20-4/h7-8H,6,9,16H2,1-5H3,(H,17,18). The second-order valence-electron chi connectivity index (χ2n) is 4.99. The van der Waals surface area contributed by atoms with Crippen LogP contribution in [0.4, 0.5) is 0 Å². The molecule has 0 aliphatic heterocycles. The van der Waals surface area contributed by atoms with E-state index in [1.54, 1.807) is 12.1 Å². The Balaban J connectivity index is 3.16. The van der Waals surface area contributed by atoms with Gasteiger partial charge in [0.15, 0.2) is 11.5 Å². The van der Waals surface area contributed by atoms with Crippen molar-refractivity contribution in [2.75, 3.05) is 27.9 Å². The molecule has 0 bridgehead atoms. The summed E-state index contributed by atoms with van der Waals surface area (Å²) in [6.07, 6.45) is 0.736. The minimum absolute atomic E-state index is 0.232. The highest BCUT2D eigenvalue weighted by Crippen LogP contribution is 2.38. The molecule has 0 aliphatic rings. The SMILES string of the molecule is CCC(C)(CN)NC(=O)c1cc(OC)c(OC)c(OC)c1. The normalized spacial score (nSPS) is 13.2. The quantitative estimate of drug-likeness (QED) is 0.798. The van der Waals surface area contributed by atoms with Crippen molar-refractivity contribution in [3.05, 3.63) is 17.7 Å². The number of benzene rings is 1. The number of methoxy groups -OCH3 is 3. The monoisotopic (exact) mass is 296 g/mol. The first-order valence-electron chi connectivity index (χ1n) is 6.77. The molecule has 1 amide bonds. The second-order valence-corrected chi connectivity index (χ2v) is 4.99. The molecule has 1 aromatic rings. The number of carbonyl (C=O) groups is 1. The van der Waals surface area contributed by atoms with Crippen molar-refractivity contribution in [2.24, 2.45) is 5.73 Å². The number of ether oxygens (including phenoxy) is 3. The van der Waals surface area contributed by atoms with Gasteiger partial charge in [-0.15, -0.1) is 0 Å². The number of nitrogens with two attached hydrogens (primary N) is 1. The fraction of sp³-hybridized carbons (Fsp3) is 0.533. The lowest BCUT2D eigenvalue weighted by Crippen LogP contribution is -2.50. The van der Waals surface area contributed by atoms with Gasteiger partial charge < -0.3 is 25.3 Å². The van der Waals surface area contributed by atoms with Gasteiger partial charge in [-0.3, -0.25) is 4.79 Å². The van der Waals surface area contributed by atoms with Crippen LogP contribution in [-0.2, 0) is 0 Å². The Labute approximate surface area is 125 Å². The largest absolute Gasteiger partial charge is 0.493 e. The Bertz CT molecular complexity index is 473. The van der Waals surface area contributed by atoms with Crippen molar-refractivity contribution >= 4 is 5.91 Å². The van der Waals surface area contributed by atoms with Crippen molar-refractivity contribution < 1.29 is 19.0 Å². The number of rotatable bonds is 7. The van der Waals surface area contributed by atoms with E-state index in [9.17, 15) is 4.79 Å².